The number of amides is 1. The van der Waals surface area contributed by atoms with Crippen LogP contribution in [0.5, 0.6) is 0 Å². The summed E-state index contributed by atoms with van der Waals surface area (Å²) in [6.45, 7) is 2.23. The molecule has 9 heteroatoms. The summed E-state index contributed by atoms with van der Waals surface area (Å²) in [6.07, 6.45) is 1.38. The van der Waals surface area contributed by atoms with Crippen molar-refractivity contribution in [1.29, 1.82) is 0 Å². The van der Waals surface area contributed by atoms with Gasteiger partial charge < -0.3 is 14.6 Å². The molecular formula is C16H21N3O5S. The van der Waals surface area contributed by atoms with Crippen LogP contribution in [0.1, 0.15) is 23.0 Å². The van der Waals surface area contributed by atoms with Crippen LogP contribution >= 0.6 is 0 Å². The van der Waals surface area contributed by atoms with Gasteiger partial charge in [0.05, 0.1) is 23.7 Å². The third-order valence-corrected chi connectivity index (χ3v) is 5.27. The summed E-state index contributed by atoms with van der Waals surface area (Å²) in [4.78, 5) is 12.3. The number of sulfonamides is 1. The van der Waals surface area contributed by atoms with Crippen LogP contribution in [0.15, 0.2) is 46.0 Å². The monoisotopic (exact) mass is 367 g/mol. The van der Waals surface area contributed by atoms with E-state index in [2.05, 4.69) is 10.5 Å². The highest BCUT2D eigenvalue weighted by Gasteiger charge is 2.23. The first-order valence-corrected chi connectivity index (χ1v) is 9.04. The van der Waals surface area contributed by atoms with E-state index in [1.807, 2.05) is 0 Å². The molecule has 0 unspecified atom stereocenters. The average molecular weight is 367 g/mol. The molecule has 0 aliphatic rings. The van der Waals surface area contributed by atoms with Crippen LogP contribution < -0.4 is 5.32 Å². The quantitative estimate of drug-likeness (QED) is 0.754. The van der Waals surface area contributed by atoms with Gasteiger partial charge in [-0.2, -0.15) is 4.31 Å². The molecule has 1 atom stereocenters. The summed E-state index contributed by atoms with van der Waals surface area (Å²) in [5, 5.41) is 6.45. The Balaban J connectivity index is 2.17. The fraction of sp³-hybridized carbons (Fsp3) is 0.375. The zero-order valence-electron chi connectivity index (χ0n) is 14.3. The number of rotatable bonds is 8. The number of ether oxygens (including phenoxy) is 1. The van der Waals surface area contributed by atoms with E-state index in [-0.39, 0.29) is 29.0 Å². The molecule has 1 heterocycles. The second kappa shape index (κ2) is 8.24. The molecule has 25 heavy (non-hydrogen) atoms. The zero-order valence-corrected chi connectivity index (χ0v) is 15.1. The predicted octanol–water partition coefficient (Wildman–Crippen LogP) is 1.26. The summed E-state index contributed by atoms with van der Waals surface area (Å²) in [6, 6.07) is 7.30. The van der Waals surface area contributed by atoms with Gasteiger partial charge in [0.15, 0.2) is 0 Å². The van der Waals surface area contributed by atoms with E-state index in [4.69, 9.17) is 9.26 Å². The Bertz CT molecular complexity index is 805. The molecule has 0 saturated carbocycles. The van der Waals surface area contributed by atoms with E-state index >= 15 is 0 Å². The van der Waals surface area contributed by atoms with Crippen molar-refractivity contribution in [3.8, 4) is 0 Å². The van der Waals surface area contributed by atoms with E-state index in [0.29, 0.717) is 12.3 Å². The van der Waals surface area contributed by atoms with Crippen LogP contribution in [0.25, 0.3) is 0 Å². The molecule has 0 radical (unpaired) electrons. The van der Waals surface area contributed by atoms with Gasteiger partial charge >= 0.3 is 0 Å². The van der Waals surface area contributed by atoms with Gasteiger partial charge in [-0.05, 0) is 25.1 Å². The fourth-order valence-corrected chi connectivity index (χ4v) is 3.40. The first-order chi connectivity index (χ1) is 11.8. The molecule has 0 bridgehead atoms. The van der Waals surface area contributed by atoms with Gasteiger partial charge in [-0.1, -0.05) is 11.2 Å². The first kappa shape index (κ1) is 19.1. The molecule has 2 rings (SSSR count). The molecule has 0 aliphatic carbocycles. The molecule has 0 fully saturated rings. The van der Waals surface area contributed by atoms with Gasteiger partial charge in [0.2, 0.25) is 10.0 Å². The topological polar surface area (TPSA) is 102 Å². The lowest BCUT2D eigenvalue weighted by Gasteiger charge is -2.17. The third-order valence-electron chi connectivity index (χ3n) is 3.47. The highest BCUT2D eigenvalue weighted by molar-refractivity contribution is 7.89. The maximum Gasteiger partial charge on any atom is 0.251 e. The van der Waals surface area contributed by atoms with Crippen molar-refractivity contribution in [3.63, 3.8) is 0 Å². The summed E-state index contributed by atoms with van der Waals surface area (Å²) < 4.78 is 36.2. The van der Waals surface area contributed by atoms with Crippen molar-refractivity contribution in [2.75, 3.05) is 20.8 Å². The largest absolute Gasteiger partial charge is 0.383 e. The smallest absolute Gasteiger partial charge is 0.251 e. The Kier molecular flexibility index (Phi) is 6.29. The number of nitrogens with zero attached hydrogens (tertiary/aromatic N) is 2. The third kappa shape index (κ3) is 4.88. The Morgan fingerprint density at radius 2 is 2.16 bits per heavy atom. The lowest BCUT2D eigenvalue weighted by Crippen LogP contribution is -2.35. The highest BCUT2D eigenvalue weighted by Crippen LogP contribution is 2.18. The molecule has 136 valence electrons. The second-order valence-electron chi connectivity index (χ2n) is 5.61. The van der Waals surface area contributed by atoms with Crippen molar-refractivity contribution in [2.45, 2.75) is 24.4 Å². The molecular weight excluding hydrogens is 346 g/mol. The molecule has 0 saturated heterocycles. The van der Waals surface area contributed by atoms with E-state index in [0.717, 1.165) is 4.31 Å². The Morgan fingerprint density at radius 3 is 2.80 bits per heavy atom. The van der Waals surface area contributed by atoms with Crippen molar-refractivity contribution in [2.24, 2.45) is 0 Å². The van der Waals surface area contributed by atoms with Crippen molar-refractivity contribution < 1.29 is 22.5 Å². The maximum atomic E-state index is 12.7. The minimum atomic E-state index is -3.76. The van der Waals surface area contributed by atoms with Gasteiger partial charge in [-0.15, -0.1) is 0 Å². The number of aromatic nitrogens is 1. The van der Waals surface area contributed by atoms with E-state index < -0.39 is 10.0 Å². The minimum absolute atomic E-state index is 0.0329. The van der Waals surface area contributed by atoms with Crippen molar-refractivity contribution >= 4 is 15.9 Å². The van der Waals surface area contributed by atoms with Gasteiger partial charge in [0.25, 0.3) is 5.91 Å². The fourth-order valence-electron chi connectivity index (χ4n) is 2.21. The number of benzene rings is 1. The van der Waals surface area contributed by atoms with E-state index in [1.165, 1.54) is 31.5 Å². The van der Waals surface area contributed by atoms with Crippen LogP contribution in [0.4, 0.5) is 0 Å². The molecule has 0 aliphatic heterocycles. The number of methoxy groups -OCH3 is 1. The highest BCUT2D eigenvalue weighted by atomic mass is 32.2. The summed E-state index contributed by atoms with van der Waals surface area (Å²) in [7, 11) is -0.779. The number of nitrogens with one attached hydrogen (secondary N) is 1. The van der Waals surface area contributed by atoms with Crippen LogP contribution in [0, 0.1) is 0 Å². The van der Waals surface area contributed by atoms with Crippen molar-refractivity contribution in [1.82, 2.24) is 14.8 Å². The number of hydrogen-bond acceptors (Lipinski definition) is 6. The lowest BCUT2D eigenvalue weighted by atomic mass is 10.2. The summed E-state index contributed by atoms with van der Waals surface area (Å²) >= 11 is 0. The number of carbonyl (C=O) groups excluding carboxylic acids is 1. The molecule has 1 aromatic heterocycles. The molecule has 1 amide bonds. The van der Waals surface area contributed by atoms with Gasteiger partial charge in [0, 0.05) is 31.8 Å². The van der Waals surface area contributed by atoms with Gasteiger partial charge in [0.1, 0.15) is 6.26 Å². The summed E-state index contributed by atoms with van der Waals surface area (Å²) in [5.74, 6) is -0.360. The molecule has 1 aromatic carbocycles. The normalized spacial score (nSPS) is 13.0. The molecule has 1 N–H and O–H groups in total. The first-order valence-electron chi connectivity index (χ1n) is 7.60. The molecule has 2 aromatic rings. The predicted molar refractivity (Wildman–Crippen MR) is 90.4 cm³/mol. The Hall–Kier alpha value is -2.23. The minimum Gasteiger partial charge on any atom is -0.383 e. The SMILES string of the molecule is COC[C@H](C)NC(=O)c1cccc(S(=O)(=O)N(C)Cc2ccon2)c1. The standard InChI is InChI=1S/C16H21N3O5S/c1-12(11-23-3)17-16(20)13-5-4-6-15(9-13)25(21,22)19(2)10-14-7-8-24-18-14/h4-9,12H,10-11H2,1-3H3,(H,17,20)/t12-/m0/s1. The van der Waals surface area contributed by atoms with Crippen LogP contribution in [-0.4, -0.2) is 50.6 Å². The second-order valence-corrected chi connectivity index (χ2v) is 7.65. The van der Waals surface area contributed by atoms with Gasteiger partial charge in [-0.25, -0.2) is 8.42 Å². The molecule has 8 nitrogen and oxygen atoms in total. The Morgan fingerprint density at radius 1 is 1.40 bits per heavy atom. The Labute approximate surface area is 146 Å². The molecule has 0 spiro atoms. The lowest BCUT2D eigenvalue weighted by molar-refractivity contribution is 0.0905. The number of carbonyl (C=O) groups is 1. The van der Waals surface area contributed by atoms with Gasteiger partial charge in [-0.3, -0.25) is 4.79 Å². The van der Waals surface area contributed by atoms with E-state index in [9.17, 15) is 13.2 Å². The van der Waals surface area contributed by atoms with Crippen LogP contribution in [0.2, 0.25) is 0 Å². The summed E-state index contributed by atoms with van der Waals surface area (Å²) in [5.41, 5.74) is 0.757. The van der Waals surface area contributed by atoms with Crippen molar-refractivity contribution in [3.05, 3.63) is 47.9 Å². The number of hydrogen-bond donors (Lipinski definition) is 1. The maximum absolute atomic E-state index is 12.7. The van der Waals surface area contributed by atoms with Crippen LogP contribution in [0.3, 0.4) is 0 Å². The average Bonchev–Trinajstić information content (AvgIpc) is 3.08. The van der Waals surface area contributed by atoms with E-state index in [1.54, 1.807) is 26.2 Å². The zero-order chi connectivity index (χ0) is 18.4. The van der Waals surface area contributed by atoms with Crippen LogP contribution in [-0.2, 0) is 21.3 Å².